The van der Waals surface area contributed by atoms with E-state index in [-0.39, 0.29) is 36.1 Å². The third-order valence-electron chi connectivity index (χ3n) is 8.04. The summed E-state index contributed by atoms with van der Waals surface area (Å²) >= 11 is 0. The van der Waals surface area contributed by atoms with Crippen molar-refractivity contribution in [2.24, 2.45) is 23.7 Å². The Morgan fingerprint density at radius 3 is 2.21 bits per heavy atom. The highest BCUT2D eigenvalue weighted by Crippen LogP contribution is 2.33. The van der Waals surface area contributed by atoms with E-state index in [0.29, 0.717) is 19.3 Å². The Morgan fingerprint density at radius 1 is 0.947 bits per heavy atom. The van der Waals surface area contributed by atoms with Crippen LogP contribution in [0.2, 0.25) is 0 Å². The highest BCUT2D eigenvalue weighted by Gasteiger charge is 2.45. The Labute approximate surface area is 226 Å². The van der Waals surface area contributed by atoms with Crippen molar-refractivity contribution in [1.29, 1.82) is 0 Å². The van der Waals surface area contributed by atoms with Crippen molar-refractivity contribution >= 4 is 11.8 Å². The van der Waals surface area contributed by atoms with Crippen molar-refractivity contribution in [3.63, 3.8) is 0 Å². The van der Waals surface area contributed by atoms with Gasteiger partial charge < -0.3 is 34.6 Å². The Kier molecular flexibility index (Phi) is 12.6. The van der Waals surface area contributed by atoms with Crippen LogP contribution in [0, 0.1) is 23.7 Å². The van der Waals surface area contributed by atoms with E-state index in [1.165, 1.54) is 0 Å². The Bertz CT molecular complexity index is 840. The van der Waals surface area contributed by atoms with Crippen LogP contribution in [0.1, 0.15) is 74.1 Å². The van der Waals surface area contributed by atoms with Gasteiger partial charge in [0.25, 0.3) is 0 Å². The van der Waals surface area contributed by atoms with Crippen LogP contribution in [0.4, 0.5) is 0 Å². The third-order valence-corrected chi connectivity index (χ3v) is 8.04. The number of hydrogen-bond donors (Lipinski definition) is 4. The molecule has 1 saturated heterocycles. The first kappa shape index (κ1) is 32.6. The van der Waals surface area contributed by atoms with Crippen LogP contribution in [0.15, 0.2) is 23.8 Å². The molecule has 0 bridgehead atoms. The lowest BCUT2D eigenvalue weighted by Gasteiger charge is -2.43. The highest BCUT2D eigenvalue weighted by molar-refractivity contribution is 5.91. The Balaban J connectivity index is 2.42. The minimum Gasteiger partial charge on any atom is -0.462 e. The SMILES string of the molecule is CC[C@H]1C[C@@H](C)C(=O)/C=C/C(C)=C\[C@H](C)[C@@H](CC)OC(=O)C[C@@H](O)[C@H](C)[C@H]1OC1OC(C)C(O)C(O)C1O. The van der Waals surface area contributed by atoms with Gasteiger partial charge in [-0.25, -0.2) is 0 Å². The molecule has 0 aromatic carbocycles. The first-order valence-corrected chi connectivity index (χ1v) is 13.9. The number of ketones is 1. The maximum absolute atomic E-state index is 13.0. The summed E-state index contributed by atoms with van der Waals surface area (Å²) in [7, 11) is 0. The van der Waals surface area contributed by atoms with Gasteiger partial charge in [0.2, 0.25) is 0 Å². The van der Waals surface area contributed by atoms with E-state index in [1.807, 2.05) is 40.7 Å². The quantitative estimate of drug-likeness (QED) is 0.396. The normalized spacial score (nSPS) is 44.7. The molecule has 0 aromatic rings. The first-order chi connectivity index (χ1) is 17.8. The summed E-state index contributed by atoms with van der Waals surface area (Å²) < 4.78 is 17.6. The molecule has 0 spiro atoms. The predicted octanol–water partition coefficient (Wildman–Crippen LogP) is 2.68. The van der Waals surface area contributed by atoms with Gasteiger partial charge in [-0.05, 0) is 38.7 Å². The Hall–Kier alpha value is -1.62. The van der Waals surface area contributed by atoms with E-state index < -0.39 is 54.8 Å². The summed E-state index contributed by atoms with van der Waals surface area (Å²) in [5.74, 6) is -1.84. The molecule has 9 heteroatoms. The van der Waals surface area contributed by atoms with E-state index in [2.05, 4.69) is 0 Å². The second-order valence-corrected chi connectivity index (χ2v) is 11.2. The van der Waals surface area contributed by atoms with Crippen LogP contribution < -0.4 is 0 Å². The molecule has 0 saturated carbocycles. The average Bonchev–Trinajstić information content (AvgIpc) is 2.87. The van der Waals surface area contributed by atoms with Gasteiger partial charge in [-0.3, -0.25) is 9.59 Å². The van der Waals surface area contributed by atoms with Gasteiger partial charge in [-0.15, -0.1) is 0 Å². The molecule has 0 aromatic heterocycles. The first-order valence-electron chi connectivity index (χ1n) is 13.9. The van der Waals surface area contributed by atoms with Gasteiger partial charge in [0.05, 0.1) is 24.7 Å². The molecule has 0 amide bonds. The van der Waals surface area contributed by atoms with Crippen molar-refractivity contribution in [2.75, 3.05) is 0 Å². The molecule has 2 aliphatic rings. The average molecular weight is 541 g/mol. The maximum atomic E-state index is 13.0. The zero-order valence-electron chi connectivity index (χ0n) is 23.8. The standard InChI is InChI=1S/C29H48O9/c1-8-20-13-16(4)21(30)11-10-15(3)12-17(5)23(9-2)37-24(32)14-22(31)18(6)28(20)38-29-27(35)26(34)25(33)19(7)36-29/h10-12,16-20,22-23,25-29,31,33-35H,8-9,13-14H2,1-7H3/b11-10+,15-12-/t16-,17+,18+,19?,20+,22-,23-,25?,26?,27?,28-,29?/m1/s1. The lowest BCUT2D eigenvalue weighted by molar-refractivity contribution is -0.314. The number of cyclic esters (lactones) is 1. The topological polar surface area (TPSA) is 143 Å². The molecule has 2 rings (SSSR count). The summed E-state index contributed by atoms with van der Waals surface area (Å²) in [6.07, 6.45) is -1.88. The molecule has 2 aliphatic heterocycles. The number of esters is 1. The summed E-state index contributed by atoms with van der Waals surface area (Å²) in [6, 6.07) is 0. The number of carbonyl (C=O) groups excluding carboxylic acids is 2. The van der Waals surface area contributed by atoms with Gasteiger partial charge in [0.1, 0.15) is 24.4 Å². The number of aliphatic hydroxyl groups is 4. The van der Waals surface area contributed by atoms with Crippen LogP contribution in [-0.2, 0) is 23.8 Å². The molecule has 12 atom stereocenters. The van der Waals surface area contributed by atoms with Crippen LogP contribution in [0.3, 0.4) is 0 Å². The molecular formula is C29H48O9. The van der Waals surface area contributed by atoms with Gasteiger partial charge in [0.15, 0.2) is 12.1 Å². The molecule has 0 aliphatic carbocycles. The van der Waals surface area contributed by atoms with Crippen LogP contribution in [0.25, 0.3) is 0 Å². The number of rotatable bonds is 4. The lowest BCUT2D eigenvalue weighted by atomic mass is 9.80. The number of aliphatic hydroxyl groups excluding tert-OH is 4. The zero-order chi connectivity index (χ0) is 28.7. The zero-order valence-corrected chi connectivity index (χ0v) is 23.8. The fraction of sp³-hybridized carbons (Fsp3) is 0.793. The van der Waals surface area contributed by atoms with Crippen molar-refractivity contribution in [2.45, 2.75) is 123 Å². The van der Waals surface area contributed by atoms with Crippen molar-refractivity contribution in [3.05, 3.63) is 23.8 Å². The summed E-state index contributed by atoms with van der Waals surface area (Å²) in [4.78, 5) is 25.8. The molecule has 2 heterocycles. The molecule has 218 valence electrons. The van der Waals surface area contributed by atoms with E-state index in [1.54, 1.807) is 26.0 Å². The van der Waals surface area contributed by atoms with Crippen molar-refractivity contribution in [3.8, 4) is 0 Å². The summed E-state index contributed by atoms with van der Waals surface area (Å²) in [6.45, 7) is 12.9. The molecule has 5 unspecified atom stereocenters. The van der Waals surface area contributed by atoms with E-state index in [0.717, 1.165) is 5.57 Å². The predicted molar refractivity (Wildman–Crippen MR) is 142 cm³/mol. The van der Waals surface area contributed by atoms with Gasteiger partial charge in [-0.1, -0.05) is 58.8 Å². The largest absolute Gasteiger partial charge is 0.462 e. The van der Waals surface area contributed by atoms with E-state index in [4.69, 9.17) is 14.2 Å². The molecule has 9 nitrogen and oxygen atoms in total. The van der Waals surface area contributed by atoms with Gasteiger partial charge in [-0.2, -0.15) is 0 Å². The monoisotopic (exact) mass is 540 g/mol. The second-order valence-electron chi connectivity index (χ2n) is 11.2. The minimum atomic E-state index is -1.52. The number of ether oxygens (including phenoxy) is 3. The van der Waals surface area contributed by atoms with Crippen LogP contribution >= 0.6 is 0 Å². The summed E-state index contributed by atoms with van der Waals surface area (Å²) in [5.41, 5.74) is 0.889. The number of carbonyl (C=O) groups is 2. The summed E-state index contributed by atoms with van der Waals surface area (Å²) in [5, 5.41) is 42.1. The van der Waals surface area contributed by atoms with Crippen molar-refractivity contribution < 1.29 is 44.2 Å². The number of allylic oxidation sites excluding steroid dienone is 3. The molecule has 1 fully saturated rings. The van der Waals surface area contributed by atoms with Crippen LogP contribution in [-0.4, -0.2) is 81.2 Å². The smallest absolute Gasteiger partial charge is 0.308 e. The molecular weight excluding hydrogens is 492 g/mol. The van der Waals surface area contributed by atoms with E-state index >= 15 is 0 Å². The highest BCUT2D eigenvalue weighted by atomic mass is 16.7. The Morgan fingerprint density at radius 2 is 1.61 bits per heavy atom. The number of hydrogen-bond acceptors (Lipinski definition) is 9. The third kappa shape index (κ3) is 8.44. The minimum absolute atomic E-state index is 0.0394. The maximum Gasteiger partial charge on any atom is 0.308 e. The molecule has 38 heavy (non-hydrogen) atoms. The lowest BCUT2D eigenvalue weighted by Crippen LogP contribution is -2.59. The molecule has 4 N–H and O–H groups in total. The molecule has 0 radical (unpaired) electrons. The van der Waals surface area contributed by atoms with E-state index in [9.17, 15) is 30.0 Å². The fourth-order valence-electron chi connectivity index (χ4n) is 5.36. The van der Waals surface area contributed by atoms with Crippen LogP contribution in [0.5, 0.6) is 0 Å². The van der Waals surface area contributed by atoms with Gasteiger partial charge >= 0.3 is 5.97 Å². The fourth-order valence-corrected chi connectivity index (χ4v) is 5.36. The second kappa shape index (κ2) is 14.7. The van der Waals surface area contributed by atoms with Crippen molar-refractivity contribution in [1.82, 2.24) is 0 Å². The van der Waals surface area contributed by atoms with Gasteiger partial charge in [0, 0.05) is 17.8 Å².